The van der Waals surface area contributed by atoms with Crippen molar-refractivity contribution in [2.45, 2.75) is 78.1 Å². The highest BCUT2D eigenvalue weighted by molar-refractivity contribution is 5.67. The Labute approximate surface area is 290 Å². The van der Waals surface area contributed by atoms with Gasteiger partial charge in [0.2, 0.25) is 11.6 Å². The highest BCUT2D eigenvalue weighted by atomic mass is 19.2. The lowest BCUT2D eigenvalue weighted by molar-refractivity contribution is 0.300. The van der Waals surface area contributed by atoms with Crippen LogP contribution in [-0.2, 0) is 0 Å². The van der Waals surface area contributed by atoms with Crippen LogP contribution in [0.4, 0.5) is 26.3 Å². The SMILES string of the molecule is CCOc1ccc(-c2ccc(OCCCCCCC(C)CCCCCCOc3ccc(-c4ccc(O)c(F)c4F)c(F)c3)cc2F)c(F)c1F. The molecule has 0 fully saturated rings. The van der Waals surface area contributed by atoms with E-state index in [1.54, 1.807) is 13.0 Å². The number of hydrogen-bond donors (Lipinski definition) is 1. The van der Waals surface area contributed by atoms with E-state index in [0.717, 1.165) is 82.4 Å². The number of hydrogen-bond acceptors (Lipinski definition) is 4. The molecule has 0 saturated heterocycles. The molecule has 0 aliphatic heterocycles. The summed E-state index contributed by atoms with van der Waals surface area (Å²) in [6, 6.07) is 12.8. The molecule has 4 aromatic carbocycles. The van der Waals surface area contributed by atoms with Gasteiger partial charge in [-0.15, -0.1) is 0 Å². The smallest absolute Gasteiger partial charge is 0.201 e. The predicted octanol–water partition coefficient (Wildman–Crippen LogP) is 12.0. The van der Waals surface area contributed by atoms with Crippen molar-refractivity contribution < 1.29 is 45.7 Å². The van der Waals surface area contributed by atoms with Gasteiger partial charge in [-0.1, -0.05) is 58.3 Å². The lowest BCUT2D eigenvalue weighted by atomic mass is 9.96. The van der Waals surface area contributed by atoms with Gasteiger partial charge in [-0.05, 0) is 74.2 Å². The second-order valence-electron chi connectivity index (χ2n) is 12.4. The molecular weight excluding hydrogens is 658 g/mol. The molecule has 270 valence electrons. The maximum Gasteiger partial charge on any atom is 0.201 e. The van der Waals surface area contributed by atoms with Crippen molar-refractivity contribution in [3.63, 3.8) is 0 Å². The van der Waals surface area contributed by atoms with E-state index in [1.807, 2.05) is 0 Å². The van der Waals surface area contributed by atoms with E-state index in [0.29, 0.717) is 30.6 Å². The first-order valence-electron chi connectivity index (χ1n) is 17.2. The minimum Gasteiger partial charge on any atom is -0.505 e. The highest BCUT2D eigenvalue weighted by Gasteiger charge is 2.19. The van der Waals surface area contributed by atoms with Crippen LogP contribution in [0.25, 0.3) is 22.3 Å². The summed E-state index contributed by atoms with van der Waals surface area (Å²) in [5, 5.41) is 9.28. The molecule has 0 saturated carbocycles. The summed E-state index contributed by atoms with van der Waals surface area (Å²) in [4.78, 5) is 0. The Kier molecular flexibility index (Phi) is 14.7. The van der Waals surface area contributed by atoms with Crippen LogP contribution >= 0.6 is 0 Å². The van der Waals surface area contributed by atoms with Crippen LogP contribution in [0.15, 0.2) is 60.7 Å². The summed E-state index contributed by atoms with van der Waals surface area (Å²) in [6.07, 6.45) is 10.3. The Bertz CT molecular complexity index is 1700. The third-order valence-corrected chi connectivity index (χ3v) is 8.59. The number of halogens is 6. The maximum atomic E-state index is 14.7. The Hall–Kier alpha value is -4.34. The Balaban J connectivity index is 1.03. The van der Waals surface area contributed by atoms with Gasteiger partial charge >= 0.3 is 0 Å². The number of phenols is 1. The van der Waals surface area contributed by atoms with Gasteiger partial charge in [0.1, 0.15) is 23.1 Å². The lowest BCUT2D eigenvalue weighted by Gasteiger charge is -2.12. The van der Waals surface area contributed by atoms with E-state index in [9.17, 15) is 31.4 Å². The van der Waals surface area contributed by atoms with Crippen LogP contribution in [0.3, 0.4) is 0 Å². The van der Waals surface area contributed by atoms with Crippen molar-refractivity contribution in [3.8, 4) is 45.3 Å². The first kappa shape index (κ1) is 38.5. The van der Waals surface area contributed by atoms with Gasteiger partial charge in [0.15, 0.2) is 23.1 Å². The topological polar surface area (TPSA) is 47.9 Å². The lowest BCUT2D eigenvalue weighted by Crippen LogP contribution is -2.01. The molecule has 50 heavy (non-hydrogen) atoms. The van der Waals surface area contributed by atoms with Crippen LogP contribution in [-0.4, -0.2) is 24.9 Å². The van der Waals surface area contributed by atoms with Gasteiger partial charge in [-0.3, -0.25) is 0 Å². The van der Waals surface area contributed by atoms with Crippen molar-refractivity contribution in [2.24, 2.45) is 5.92 Å². The molecule has 0 aromatic heterocycles. The monoisotopic (exact) mass is 702 g/mol. The molecule has 0 heterocycles. The molecule has 4 nitrogen and oxygen atoms in total. The Morgan fingerprint density at radius 1 is 0.520 bits per heavy atom. The Morgan fingerprint density at radius 3 is 1.48 bits per heavy atom. The average molecular weight is 703 g/mol. The van der Waals surface area contributed by atoms with E-state index in [2.05, 4.69) is 6.92 Å². The number of phenolic OH excluding ortho intramolecular Hbond substituents is 1. The molecule has 0 spiro atoms. The second-order valence-corrected chi connectivity index (χ2v) is 12.4. The van der Waals surface area contributed by atoms with Crippen LogP contribution < -0.4 is 14.2 Å². The zero-order valence-electron chi connectivity index (χ0n) is 28.5. The fraction of sp³-hybridized carbons (Fsp3) is 0.400. The van der Waals surface area contributed by atoms with Gasteiger partial charge in [0, 0.05) is 34.4 Å². The summed E-state index contributed by atoms with van der Waals surface area (Å²) < 4.78 is 102. The van der Waals surface area contributed by atoms with Crippen molar-refractivity contribution in [2.75, 3.05) is 19.8 Å². The molecule has 1 atom stereocenters. The van der Waals surface area contributed by atoms with Crippen molar-refractivity contribution in [3.05, 3.63) is 95.6 Å². The summed E-state index contributed by atoms with van der Waals surface area (Å²) in [5.74, 6) is -6.24. The second kappa shape index (κ2) is 19.2. The van der Waals surface area contributed by atoms with Gasteiger partial charge in [0.05, 0.1) is 19.8 Å². The minimum absolute atomic E-state index is 0.0510. The van der Waals surface area contributed by atoms with Gasteiger partial charge in [0.25, 0.3) is 0 Å². The van der Waals surface area contributed by atoms with E-state index in [1.165, 1.54) is 36.4 Å². The molecule has 4 rings (SSSR count). The molecule has 0 bridgehead atoms. The maximum absolute atomic E-state index is 14.7. The summed E-state index contributed by atoms with van der Waals surface area (Å²) in [6.45, 7) is 4.96. The summed E-state index contributed by atoms with van der Waals surface area (Å²) in [5.41, 5.74) is -0.618. The van der Waals surface area contributed by atoms with Crippen molar-refractivity contribution >= 4 is 0 Å². The van der Waals surface area contributed by atoms with Crippen LogP contribution in [0.1, 0.15) is 78.1 Å². The van der Waals surface area contributed by atoms with E-state index >= 15 is 0 Å². The molecule has 0 aliphatic rings. The highest BCUT2D eigenvalue weighted by Crippen LogP contribution is 2.34. The number of ether oxygens (including phenoxy) is 3. The van der Waals surface area contributed by atoms with Crippen molar-refractivity contribution in [1.82, 2.24) is 0 Å². The molecule has 10 heteroatoms. The van der Waals surface area contributed by atoms with E-state index in [4.69, 9.17) is 14.2 Å². The van der Waals surface area contributed by atoms with Crippen LogP contribution in [0, 0.1) is 40.8 Å². The van der Waals surface area contributed by atoms with Gasteiger partial charge < -0.3 is 19.3 Å². The van der Waals surface area contributed by atoms with Gasteiger partial charge in [-0.2, -0.15) is 8.78 Å². The third kappa shape index (κ3) is 10.6. The largest absolute Gasteiger partial charge is 0.505 e. The molecule has 4 aromatic rings. The average Bonchev–Trinajstić information content (AvgIpc) is 3.09. The molecule has 0 radical (unpaired) electrons. The molecule has 1 unspecified atom stereocenters. The first-order valence-corrected chi connectivity index (χ1v) is 17.2. The fourth-order valence-electron chi connectivity index (χ4n) is 5.78. The molecular formula is C40H44F6O4. The zero-order valence-corrected chi connectivity index (χ0v) is 28.5. The zero-order chi connectivity index (χ0) is 36.0. The molecule has 1 N–H and O–H groups in total. The van der Waals surface area contributed by atoms with E-state index in [-0.39, 0.29) is 34.6 Å². The normalized spacial score (nSPS) is 11.8. The van der Waals surface area contributed by atoms with Crippen molar-refractivity contribution in [1.29, 1.82) is 0 Å². The van der Waals surface area contributed by atoms with Crippen LogP contribution in [0.5, 0.6) is 23.0 Å². The number of benzene rings is 4. The first-order chi connectivity index (χ1) is 24.1. The van der Waals surface area contributed by atoms with E-state index < -0.39 is 40.7 Å². The predicted molar refractivity (Wildman–Crippen MR) is 183 cm³/mol. The summed E-state index contributed by atoms with van der Waals surface area (Å²) >= 11 is 0. The standard InChI is InChI=1S/C40H44F6O4/c1-3-48-36-21-19-32(38(44)40(36)46)30-17-15-28(25-34(30)42)50-23-11-7-5-9-13-26(2)12-8-4-6-10-22-49-27-14-16-29(33(41)24-27)31-18-20-35(47)39(45)37(31)43/h14-21,24-26,47H,3-13,22-23H2,1-2H3. The number of rotatable bonds is 20. The summed E-state index contributed by atoms with van der Waals surface area (Å²) in [7, 11) is 0. The Morgan fingerprint density at radius 2 is 0.980 bits per heavy atom. The number of unbranched alkanes of at least 4 members (excludes halogenated alkanes) is 6. The number of aromatic hydroxyl groups is 1. The quantitative estimate of drug-likeness (QED) is 0.0736. The fourth-order valence-corrected chi connectivity index (χ4v) is 5.78. The third-order valence-electron chi connectivity index (χ3n) is 8.59. The molecule has 0 aliphatic carbocycles. The van der Waals surface area contributed by atoms with Gasteiger partial charge in [-0.25, -0.2) is 17.6 Å². The molecule has 0 amide bonds. The van der Waals surface area contributed by atoms with Crippen LogP contribution in [0.2, 0.25) is 0 Å². The minimum atomic E-state index is -1.42.